The van der Waals surface area contributed by atoms with Gasteiger partial charge in [-0.05, 0) is 18.2 Å². The third kappa shape index (κ3) is 3.31. The maximum absolute atomic E-state index is 11.6. The third-order valence-electron chi connectivity index (χ3n) is 3.02. The van der Waals surface area contributed by atoms with Crippen LogP contribution in [0.5, 0.6) is 0 Å². The first-order valence-electron chi connectivity index (χ1n) is 6.39. The Labute approximate surface area is 128 Å². The SMILES string of the molecule is COC(=O)c1occc1CNc1cccc(Cl)c1N(C)C. The van der Waals surface area contributed by atoms with Crippen molar-refractivity contribution in [1.29, 1.82) is 0 Å². The molecule has 0 saturated carbocycles. The van der Waals surface area contributed by atoms with Crippen molar-refractivity contribution in [2.75, 3.05) is 31.4 Å². The number of methoxy groups -OCH3 is 1. The number of anilines is 2. The fraction of sp³-hybridized carbons (Fsp3) is 0.267. The molecule has 0 unspecified atom stereocenters. The summed E-state index contributed by atoms with van der Waals surface area (Å²) in [7, 11) is 5.16. The van der Waals surface area contributed by atoms with E-state index in [1.807, 2.05) is 37.2 Å². The van der Waals surface area contributed by atoms with Gasteiger partial charge in [-0.1, -0.05) is 17.7 Å². The van der Waals surface area contributed by atoms with Gasteiger partial charge < -0.3 is 19.4 Å². The van der Waals surface area contributed by atoms with Crippen molar-refractivity contribution in [3.63, 3.8) is 0 Å². The van der Waals surface area contributed by atoms with Crippen LogP contribution in [-0.2, 0) is 11.3 Å². The molecule has 1 aromatic heterocycles. The van der Waals surface area contributed by atoms with E-state index in [1.54, 1.807) is 6.07 Å². The molecule has 0 saturated heterocycles. The normalized spacial score (nSPS) is 10.3. The number of furan rings is 1. The molecule has 5 nitrogen and oxygen atoms in total. The number of esters is 1. The lowest BCUT2D eigenvalue weighted by Crippen LogP contribution is -2.13. The Hall–Kier alpha value is -2.14. The van der Waals surface area contributed by atoms with Gasteiger partial charge in [0, 0.05) is 26.2 Å². The Morgan fingerprint density at radius 1 is 1.38 bits per heavy atom. The fourth-order valence-corrected chi connectivity index (χ4v) is 2.39. The molecule has 0 aliphatic carbocycles. The molecule has 1 N–H and O–H groups in total. The lowest BCUT2D eigenvalue weighted by molar-refractivity contribution is 0.0563. The minimum absolute atomic E-state index is 0.207. The monoisotopic (exact) mass is 308 g/mol. The van der Waals surface area contributed by atoms with Crippen LogP contribution >= 0.6 is 11.6 Å². The van der Waals surface area contributed by atoms with E-state index in [9.17, 15) is 4.79 Å². The molecule has 0 radical (unpaired) electrons. The van der Waals surface area contributed by atoms with E-state index in [0.29, 0.717) is 11.6 Å². The van der Waals surface area contributed by atoms with Crippen LogP contribution in [0.25, 0.3) is 0 Å². The fourth-order valence-electron chi connectivity index (χ4n) is 2.05. The van der Waals surface area contributed by atoms with Gasteiger partial charge >= 0.3 is 5.97 Å². The number of carbonyl (C=O) groups excluding carboxylic acids is 1. The van der Waals surface area contributed by atoms with Crippen LogP contribution in [-0.4, -0.2) is 27.2 Å². The maximum atomic E-state index is 11.6. The van der Waals surface area contributed by atoms with E-state index in [4.69, 9.17) is 16.0 Å². The van der Waals surface area contributed by atoms with Crippen LogP contribution in [0.1, 0.15) is 16.1 Å². The molecule has 0 atom stereocenters. The average molecular weight is 309 g/mol. The summed E-state index contributed by atoms with van der Waals surface area (Å²) in [5.41, 5.74) is 2.50. The Morgan fingerprint density at radius 3 is 2.81 bits per heavy atom. The van der Waals surface area contributed by atoms with Crippen LogP contribution in [0, 0.1) is 0 Å². The number of nitrogens with zero attached hydrogens (tertiary/aromatic N) is 1. The van der Waals surface area contributed by atoms with Crippen molar-refractivity contribution in [1.82, 2.24) is 0 Å². The molecular formula is C15H17ClN2O3. The molecular weight excluding hydrogens is 292 g/mol. The molecule has 0 fully saturated rings. The second kappa shape index (κ2) is 6.54. The van der Waals surface area contributed by atoms with E-state index in [-0.39, 0.29) is 5.76 Å². The largest absolute Gasteiger partial charge is 0.463 e. The quantitative estimate of drug-likeness (QED) is 0.858. The summed E-state index contributed by atoms with van der Waals surface area (Å²) in [5.74, 6) is -0.283. The molecule has 1 aromatic carbocycles. The number of hydrogen-bond acceptors (Lipinski definition) is 5. The molecule has 0 spiro atoms. The van der Waals surface area contributed by atoms with Gasteiger partial charge in [0.2, 0.25) is 5.76 Å². The van der Waals surface area contributed by atoms with Crippen molar-refractivity contribution in [3.05, 3.63) is 46.9 Å². The summed E-state index contributed by atoms with van der Waals surface area (Å²) in [6.45, 7) is 0.433. The zero-order valence-corrected chi connectivity index (χ0v) is 12.9. The van der Waals surface area contributed by atoms with Crippen molar-refractivity contribution in [2.45, 2.75) is 6.54 Å². The van der Waals surface area contributed by atoms with Gasteiger partial charge in [-0.2, -0.15) is 0 Å². The number of rotatable bonds is 5. The summed E-state index contributed by atoms with van der Waals surface area (Å²) in [4.78, 5) is 13.5. The molecule has 6 heteroatoms. The molecule has 0 bridgehead atoms. The van der Waals surface area contributed by atoms with Gasteiger partial charge in [0.25, 0.3) is 0 Å². The lowest BCUT2D eigenvalue weighted by Gasteiger charge is -2.19. The maximum Gasteiger partial charge on any atom is 0.374 e. The molecule has 0 aliphatic heterocycles. The second-order valence-corrected chi connectivity index (χ2v) is 5.06. The van der Waals surface area contributed by atoms with E-state index >= 15 is 0 Å². The number of hydrogen-bond donors (Lipinski definition) is 1. The molecule has 21 heavy (non-hydrogen) atoms. The topological polar surface area (TPSA) is 54.7 Å². The van der Waals surface area contributed by atoms with Crippen LogP contribution in [0.3, 0.4) is 0 Å². The minimum atomic E-state index is -0.490. The zero-order valence-electron chi connectivity index (χ0n) is 12.1. The van der Waals surface area contributed by atoms with Crippen molar-refractivity contribution in [3.8, 4) is 0 Å². The van der Waals surface area contributed by atoms with Crippen molar-refractivity contribution < 1.29 is 13.9 Å². The predicted octanol–water partition coefficient (Wildman–Crippen LogP) is 3.40. The molecule has 0 aliphatic rings. The Kier molecular flexibility index (Phi) is 4.75. The van der Waals surface area contributed by atoms with Gasteiger partial charge in [-0.3, -0.25) is 0 Å². The number of ether oxygens (including phenoxy) is 1. The van der Waals surface area contributed by atoms with Crippen molar-refractivity contribution >= 4 is 28.9 Å². The van der Waals surface area contributed by atoms with Crippen LogP contribution in [0.2, 0.25) is 5.02 Å². The highest BCUT2D eigenvalue weighted by Gasteiger charge is 2.16. The van der Waals surface area contributed by atoms with E-state index in [1.165, 1.54) is 13.4 Å². The Bertz CT molecular complexity index is 638. The summed E-state index contributed by atoms with van der Waals surface area (Å²) < 4.78 is 9.83. The average Bonchev–Trinajstić information content (AvgIpc) is 2.92. The zero-order chi connectivity index (χ0) is 15.4. The minimum Gasteiger partial charge on any atom is -0.463 e. The van der Waals surface area contributed by atoms with E-state index in [2.05, 4.69) is 10.1 Å². The first kappa shape index (κ1) is 15.3. The van der Waals surface area contributed by atoms with Gasteiger partial charge in [0.05, 0.1) is 29.8 Å². The third-order valence-corrected chi connectivity index (χ3v) is 3.33. The number of nitrogens with one attached hydrogen (secondary N) is 1. The molecule has 1 heterocycles. The highest BCUT2D eigenvalue weighted by molar-refractivity contribution is 6.34. The smallest absolute Gasteiger partial charge is 0.374 e. The molecule has 2 aromatic rings. The molecule has 112 valence electrons. The standard InChI is InChI=1S/C15H17ClN2O3/c1-18(2)13-11(16)5-4-6-12(13)17-9-10-7-8-21-14(10)15(19)20-3/h4-8,17H,9H2,1-3H3. The van der Waals surface area contributed by atoms with Gasteiger partial charge in [-0.25, -0.2) is 4.79 Å². The van der Waals surface area contributed by atoms with Gasteiger partial charge in [-0.15, -0.1) is 0 Å². The summed E-state index contributed by atoms with van der Waals surface area (Å²) >= 11 is 6.21. The van der Waals surface area contributed by atoms with E-state index < -0.39 is 5.97 Å². The van der Waals surface area contributed by atoms with Gasteiger partial charge in [0.1, 0.15) is 0 Å². The highest BCUT2D eigenvalue weighted by atomic mass is 35.5. The molecule has 0 amide bonds. The number of halogens is 1. The summed E-state index contributed by atoms with van der Waals surface area (Å²) in [6, 6.07) is 7.37. The Balaban J connectivity index is 2.20. The van der Waals surface area contributed by atoms with Crippen LogP contribution < -0.4 is 10.2 Å². The number of benzene rings is 1. The number of para-hydroxylation sites is 1. The van der Waals surface area contributed by atoms with Crippen molar-refractivity contribution in [2.24, 2.45) is 0 Å². The lowest BCUT2D eigenvalue weighted by atomic mass is 10.2. The first-order chi connectivity index (χ1) is 10.0. The van der Waals surface area contributed by atoms with Crippen LogP contribution in [0.15, 0.2) is 34.9 Å². The summed E-state index contributed by atoms with van der Waals surface area (Å²) in [6.07, 6.45) is 1.47. The molecule has 2 rings (SSSR count). The van der Waals surface area contributed by atoms with E-state index in [0.717, 1.165) is 16.9 Å². The number of carbonyl (C=O) groups is 1. The summed E-state index contributed by atoms with van der Waals surface area (Å²) in [5, 5.41) is 3.92. The highest BCUT2D eigenvalue weighted by Crippen LogP contribution is 2.32. The second-order valence-electron chi connectivity index (χ2n) is 4.65. The van der Waals surface area contributed by atoms with Crippen LogP contribution in [0.4, 0.5) is 11.4 Å². The first-order valence-corrected chi connectivity index (χ1v) is 6.76. The Morgan fingerprint density at radius 2 is 2.14 bits per heavy atom. The predicted molar refractivity (Wildman–Crippen MR) is 83.2 cm³/mol. The van der Waals surface area contributed by atoms with Gasteiger partial charge in [0.15, 0.2) is 0 Å².